The molecular formula is C19H16N2O3S. The van der Waals surface area contributed by atoms with Gasteiger partial charge in [-0.05, 0) is 29.8 Å². The first-order chi connectivity index (χ1) is 12.2. The molecule has 126 valence electrons. The van der Waals surface area contributed by atoms with Gasteiger partial charge in [0.1, 0.15) is 11.5 Å². The second-order valence-corrected chi connectivity index (χ2v) is 7.54. The van der Waals surface area contributed by atoms with Crippen molar-refractivity contribution in [2.24, 2.45) is 5.10 Å². The molecule has 0 spiro atoms. The molecule has 0 aliphatic carbocycles. The van der Waals surface area contributed by atoms with Gasteiger partial charge < -0.3 is 4.42 Å². The van der Waals surface area contributed by atoms with E-state index in [1.54, 1.807) is 48.7 Å². The van der Waals surface area contributed by atoms with Gasteiger partial charge in [-0.3, -0.25) is 0 Å². The lowest BCUT2D eigenvalue weighted by Crippen LogP contribution is -2.27. The van der Waals surface area contributed by atoms with Gasteiger partial charge in [0.2, 0.25) is 0 Å². The molecule has 0 amide bonds. The van der Waals surface area contributed by atoms with Crippen LogP contribution >= 0.6 is 0 Å². The molecule has 0 saturated carbocycles. The molecule has 3 aromatic rings. The van der Waals surface area contributed by atoms with E-state index < -0.39 is 16.1 Å². The molecule has 1 atom stereocenters. The third-order valence-electron chi connectivity index (χ3n) is 4.15. The Morgan fingerprint density at radius 2 is 1.60 bits per heavy atom. The highest BCUT2D eigenvalue weighted by molar-refractivity contribution is 7.89. The highest BCUT2D eigenvalue weighted by atomic mass is 32.2. The van der Waals surface area contributed by atoms with Crippen molar-refractivity contribution >= 4 is 15.7 Å². The lowest BCUT2D eigenvalue weighted by atomic mass is 10.0. The normalized spacial score (nSPS) is 17.5. The molecular weight excluding hydrogens is 336 g/mol. The van der Waals surface area contributed by atoms with Crippen LogP contribution in [0.3, 0.4) is 0 Å². The van der Waals surface area contributed by atoms with Gasteiger partial charge in [-0.2, -0.15) is 17.9 Å². The summed E-state index contributed by atoms with van der Waals surface area (Å²) in [6, 6.07) is 21.1. The van der Waals surface area contributed by atoms with Crippen LogP contribution in [0.4, 0.5) is 0 Å². The molecule has 0 fully saturated rings. The van der Waals surface area contributed by atoms with Gasteiger partial charge in [0.25, 0.3) is 10.0 Å². The Balaban J connectivity index is 1.80. The standard InChI is InChI=1S/C19H16N2O3S/c22-25(23,16-10-5-2-6-11-16)21-18(15-8-3-1-4-9-15)14-17(20-21)19-12-7-13-24-19/h1-13,18H,14H2/t18-/m0/s1. The summed E-state index contributed by atoms with van der Waals surface area (Å²) in [5, 5.41) is 4.40. The molecule has 2 heterocycles. The van der Waals surface area contributed by atoms with E-state index in [0.29, 0.717) is 17.9 Å². The lowest BCUT2D eigenvalue weighted by molar-refractivity contribution is 0.371. The highest BCUT2D eigenvalue weighted by Gasteiger charge is 2.38. The van der Waals surface area contributed by atoms with Crippen LogP contribution < -0.4 is 0 Å². The van der Waals surface area contributed by atoms with E-state index in [1.807, 2.05) is 30.3 Å². The van der Waals surface area contributed by atoms with E-state index in [1.165, 1.54) is 4.41 Å². The first kappa shape index (κ1) is 15.7. The quantitative estimate of drug-likeness (QED) is 0.717. The molecule has 0 saturated heterocycles. The lowest BCUT2D eigenvalue weighted by Gasteiger charge is -2.23. The molecule has 0 unspecified atom stereocenters. The molecule has 0 radical (unpaired) electrons. The zero-order valence-electron chi connectivity index (χ0n) is 13.3. The van der Waals surface area contributed by atoms with Crippen LogP contribution in [-0.4, -0.2) is 18.5 Å². The van der Waals surface area contributed by atoms with Crippen LogP contribution in [0.25, 0.3) is 0 Å². The Morgan fingerprint density at radius 1 is 0.920 bits per heavy atom. The van der Waals surface area contributed by atoms with Crippen LogP contribution in [-0.2, 0) is 10.0 Å². The van der Waals surface area contributed by atoms with Crippen molar-refractivity contribution in [2.45, 2.75) is 17.4 Å². The smallest absolute Gasteiger partial charge is 0.279 e. The molecule has 0 bridgehead atoms. The van der Waals surface area contributed by atoms with Crippen LogP contribution in [0.1, 0.15) is 23.8 Å². The van der Waals surface area contributed by atoms with Crippen molar-refractivity contribution in [2.75, 3.05) is 0 Å². The molecule has 25 heavy (non-hydrogen) atoms. The van der Waals surface area contributed by atoms with E-state index in [4.69, 9.17) is 4.42 Å². The number of hydrazone groups is 1. The molecule has 1 aromatic heterocycles. The molecule has 0 N–H and O–H groups in total. The maximum atomic E-state index is 13.1. The van der Waals surface area contributed by atoms with E-state index in [9.17, 15) is 8.42 Å². The Morgan fingerprint density at radius 3 is 2.24 bits per heavy atom. The summed E-state index contributed by atoms with van der Waals surface area (Å²) < 4.78 is 32.9. The maximum Gasteiger partial charge on any atom is 0.279 e. The van der Waals surface area contributed by atoms with Gasteiger partial charge in [0, 0.05) is 6.42 Å². The number of benzene rings is 2. The Hall–Kier alpha value is -2.86. The Bertz CT molecular complexity index is 982. The zero-order chi connectivity index (χ0) is 17.3. The van der Waals surface area contributed by atoms with Crippen molar-refractivity contribution in [1.29, 1.82) is 0 Å². The summed E-state index contributed by atoms with van der Waals surface area (Å²) >= 11 is 0. The minimum Gasteiger partial charge on any atom is -0.463 e. The molecule has 1 aliphatic heterocycles. The average molecular weight is 352 g/mol. The maximum absolute atomic E-state index is 13.1. The number of hydrogen-bond donors (Lipinski definition) is 0. The number of rotatable bonds is 4. The first-order valence-electron chi connectivity index (χ1n) is 7.92. The predicted molar refractivity (Wildman–Crippen MR) is 94.5 cm³/mol. The second-order valence-electron chi connectivity index (χ2n) is 5.75. The van der Waals surface area contributed by atoms with Crippen molar-refractivity contribution in [3.05, 3.63) is 90.4 Å². The second kappa shape index (κ2) is 6.22. The molecule has 1 aliphatic rings. The summed E-state index contributed by atoms with van der Waals surface area (Å²) in [5.74, 6) is 0.590. The number of furan rings is 1. The molecule has 6 heteroatoms. The third-order valence-corrected chi connectivity index (χ3v) is 5.85. The van der Waals surface area contributed by atoms with Crippen molar-refractivity contribution < 1.29 is 12.8 Å². The average Bonchev–Trinajstić information content (AvgIpc) is 3.33. The summed E-state index contributed by atoms with van der Waals surface area (Å²) in [6.45, 7) is 0. The highest BCUT2D eigenvalue weighted by Crippen LogP contribution is 2.36. The van der Waals surface area contributed by atoms with E-state index >= 15 is 0 Å². The zero-order valence-corrected chi connectivity index (χ0v) is 14.1. The van der Waals surface area contributed by atoms with Crippen LogP contribution in [0.5, 0.6) is 0 Å². The van der Waals surface area contributed by atoms with Crippen molar-refractivity contribution in [3.8, 4) is 0 Å². The Labute approximate surface area is 146 Å². The van der Waals surface area contributed by atoms with E-state index in [0.717, 1.165) is 5.56 Å². The van der Waals surface area contributed by atoms with Gasteiger partial charge >= 0.3 is 0 Å². The van der Waals surface area contributed by atoms with Gasteiger partial charge in [-0.15, -0.1) is 0 Å². The number of nitrogens with zero attached hydrogens (tertiary/aromatic N) is 2. The minimum absolute atomic E-state index is 0.223. The predicted octanol–water partition coefficient (Wildman–Crippen LogP) is 3.82. The Kier molecular flexibility index (Phi) is 3.89. The monoisotopic (exact) mass is 352 g/mol. The molecule has 5 nitrogen and oxygen atoms in total. The third kappa shape index (κ3) is 2.85. The van der Waals surface area contributed by atoms with Gasteiger partial charge in [0.15, 0.2) is 0 Å². The van der Waals surface area contributed by atoms with Crippen LogP contribution in [0, 0.1) is 0 Å². The first-order valence-corrected chi connectivity index (χ1v) is 9.36. The topological polar surface area (TPSA) is 62.9 Å². The van der Waals surface area contributed by atoms with Gasteiger partial charge in [-0.25, -0.2) is 0 Å². The summed E-state index contributed by atoms with van der Waals surface area (Å²) in [7, 11) is -3.76. The largest absolute Gasteiger partial charge is 0.463 e. The fourth-order valence-electron chi connectivity index (χ4n) is 2.93. The van der Waals surface area contributed by atoms with Crippen LogP contribution in [0.2, 0.25) is 0 Å². The van der Waals surface area contributed by atoms with Crippen molar-refractivity contribution in [1.82, 2.24) is 4.41 Å². The fraction of sp³-hybridized carbons (Fsp3) is 0.105. The van der Waals surface area contributed by atoms with Gasteiger partial charge in [0.05, 0.1) is 17.2 Å². The summed E-state index contributed by atoms with van der Waals surface area (Å²) in [5.41, 5.74) is 1.52. The number of hydrogen-bond acceptors (Lipinski definition) is 4. The SMILES string of the molecule is O=S(=O)(c1ccccc1)N1N=C(c2ccco2)C[C@H]1c1ccccc1. The van der Waals surface area contributed by atoms with Crippen molar-refractivity contribution in [3.63, 3.8) is 0 Å². The minimum atomic E-state index is -3.76. The van der Waals surface area contributed by atoms with E-state index in [-0.39, 0.29) is 4.90 Å². The fourth-order valence-corrected chi connectivity index (χ4v) is 4.38. The van der Waals surface area contributed by atoms with Crippen LogP contribution in [0.15, 0.2) is 93.5 Å². The number of sulfonamides is 1. The molecule has 2 aromatic carbocycles. The summed E-state index contributed by atoms with van der Waals surface area (Å²) in [4.78, 5) is 0.223. The summed E-state index contributed by atoms with van der Waals surface area (Å²) in [6.07, 6.45) is 2.02. The molecule has 4 rings (SSSR count). The van der Waals surface area contributed by atoms with E-state index in [2.05, 4.69) is 5.10 Å². The van der Waals surface area contributed by atoms with Gasteiger partial charge in [-0.1, -0.05) is 48.5 Å².